The van der Waals surface area contributed by atoms with Crippen molar-refractivity contribution in [2.45, 2.75) is 19.3 Å². The van der Waals surface area contributed by atoms with E-state index in [2.05, 4.69) is 39.1 Å². The van der Waals surface area contributed by atoms with Gasteiger partial charge in [-0.1, -0.05) is 6.07 Å². The first-order valence-corrected chi connectivity index (χ1v) is 11.2. The van der Waals surface area contributed by atoms with E-state index in [1.807, 2.05) is 36.7 Å². The summed E-state index contributed by atoms with van der Waals surface area (Å²) in [6.45, 7) is 4.03. The van der Waals surface area contributed by atoms with Crippen LogP contribution < -0.4 is 9.64 Å². The van der Waals surface area contributed by atoms with Gasteiger partial charge in [0.05, 0.1) is 37.3 Å². The summed E-state index contributed by atoms with van der Waals surface area (Å²) in [5.41, 5.74) is 5.65. The van der Waals surface area contributed by atoms with Crippen molar-refractivity contribution in [2.75, 3.05) is 37.8 Å². The van der Waals surface area contributed by atoms with Crippen LogP contribution in [0.1, 0.15) is 29.8 Å². The molecule has 6 nitrogen and oxygen atoms in total. The Labute approximate surface area is 188 Å². The highest BCUT2D eigenvalue weighted by atomic mass is 16.5. The number of hydrogen-bond donors (Lipinski definition) is 0. The van der Waals surface area contributed by atoms with Crippen molar-refractivity contribution in [2.24, 2.45) is 5.92 Å². The maximum absolute atomic E-state index is 9.58. The molecule has 3 aromatic rings. The maximum Gasteiger partial charge on any atom is 0.137 e. The SMILES string of the molecule is N#Cc1cc(-c2ccnc(Cc3ccc(N4CCOCC4)cn3)c2)ccc1OCC1CC1. The largest absolute Gasteiger partial charge is 0.492 e. The summed E-state index contributed by atoms with van der Waals surface area (Å²) in [5.74, 6) is 1.32. The van der Waals surface area contributed by atoms with Gasteiger partial charge in [-0.2, -0.15) is 5.26 Å². The summed E-state index contributed by atoms with van der Waals surface area (Å²) in [6, 6.07) is 16.3. The molecule has 1 saturated heterocycles. The predicted molar refractivity (Wildman–Crippen MR) is 123 cm³/mol. The van der Waals surface area contributed by atoms with Gasteiger partial charge in [0, 0.05) is 37.1 Å². The minimum absolute atomic E-state index is 0.571. The molecule has 5 rings (SSSR count). The van der Waals surface area contributed by atoms with E-state index in [0.29, 0.717) is 30.3 Å². The monoisotopic (exact) mass is 426 g/mol. The Morgan fingerprint density at radius 3 is 2.59 bits per heavy atom. The second-order valence-electron chi connectivity index (χ2n) is 8.40. The average molecular weight is 427 g/mol. The molecule has 0 radical (unpaired) electrons. The predicted octanol–water partition coefficient (Wildman–Crippen LogP) is 4.23. The molecule has 0 N–H and O–H groups in total. The van der Waals surface area contributed by atoms with Crippen LogP contribution in [0.15, 0.2) is 54.9 Å². The van der Waals surface area contributed by atoms with Crippen LogP contribution in [-0.4, -0.2) is 42.9 Å². The molecule has 32 heavy (non-hydrogen) atoms. The fraction of sp³-hybridized carbons (Fsp3) is 0.346. The zero-order valence-electron chi connectivity index (χ0n) is 18.0. The van der Waals surface area contributed by atoms with E-state index in [1.54, 1.807) is 0 Å². The Morgan fingerprint density at radius 1 is 1.00 bits per heavy atom. The third-order valence-electron chi connectivity index (χ3n) is 5.97. The van der Waals surface area contributed by atoms with Crippen LogP contribution in [0.3, 0.4) is 0 Å². The first-order chi connectivity index (χ1) is 15.8. The van der Waals surface area contributed by atoms with Crippen molar-refractivity contribution in [1.29, 1.82) is 5.26 Å². The summed E-state index contributed by atoms with van der Waals surface area (Å²) in [4.78, 5) is 11.5. The first-order valence-electron chi connectivity index (χ1n) is 11.2. The highest BCUT2D eigenvalue weighted by Gasteiger charge is 2.22. The van der Waals surface area contributed by atoms with E-state index in [1.165, 1.54) is 12.8 Å². The van der Waals surface area contributed by atoms with E-state index < -0.39 is 0 Å². The van der Waals surface area contributed by atoms with Gasteiger partial charge < -0.3 is 14.4 Å². The molecule has 0 spiro atoms. The molecule has 162 valence electrons. The van der Waals surface area contributed by atoms with E-state index in [-0.39, 0.29) is 0 Å². The molecule has 0 bridgehead atoms. The quantitative estimate of drug-likeness (QED) is 0.563. The molecule has 3 heterocycles. The van der Waals surface area contributed by atoms with Gasteiger partial charge in [-0.25, -0.2) is 0 Å². The number of anilines is 1. The molecule has 1 aliphatic carbocycles. The molecule has 0 amide bonds. The number of hydrogen-bond acceptors (Lipinski definition) is 6. The van der Waals surface area contributed by atoms with Crippen LogP contribution in [0, 0.1) is 17.2 Å². The fourth-order valence-corrected chi connectivity index (χ4v) is 3.88. The van der Waals surface area contributed by atoms with Gasteiger partial charge >= 0.3 is 0 Å². The van der Waals surface area contributed by atoms with Gasteiger partial charge in [0.25, 0.3) is 0 Å². The molecular formula is C26H26N4O2. The molecule has 0 atom stereocenters. The van der Waals surface area contributed by atoms with Crippen molar-refractivity contribution < 1.29 is 9.47 Å². The van der Waals surface area contributed by atoms with Crippen LogP contribution in [-0.2, 0) is 11.2 Å². The summed E-state index contributed by atoms with van der Waals surface area (Å²) in [5, 5.41) is 9.58. The Balaban J connectivity index is 1.29. The fourth-order valence-electron chi connectivity index (χ4n) is 3.88. The normalized spacial score (nSPS) is 15.9. The standard InChI is InChI=1S/C26H26N4O2/c27-16-22-13-20(3-6-26(22)32-18-19-1-2-19)21-7-8-28-24(14-21)15-23-4-5-25(17-29-23)30-9-11-31-12-10-30/h3-8,13-14,17,19H,1-2,9-12,15,18H2. The van der Waals surface area contributed by atoms with Crippen molar-refractivity contribution in [3.8, 4) is 22.9 Å². The Morgan fingerprint density at radius 2 is 1.84 bits per heavy atom. The van der Waals surface area contributed by atoms with Gasteiger partial charge in [0.1, 0.15) is 11.8 Å². The Kier molecular flexibility index (Phi) is 6.00. The van der Waals surface area contributed by atoms with Crippen LogP contribution >= 0.6 is 0 Å². The van der Waals surface area contributed by atoms with Crippen molar-refractivity contribution in [1.82, 2.24) is 9.97 Å². The van der Waals surface area contributed by atoms with Gasteiger partial charge in [-0.15, -0.1) is 0 Å². The van der Waals surface area contributed by atoms with E-state index in [4.69, 9.17) is 9.47 Å². The highest BCUT2D eigenvalue weighted by molar-refractivity contribution is 5.67. The number of ether oxygens (including phenoxy) is 2. The van der Waals surface area contributed by atoms with Crippen molar-refractivity contribution in [3.05, 3.63) is 71.8 Å². The molecule has 1 aliphatic heterocycles. The summed E-state index contributed by atoms with van der Waals surface area (Å²) in [6.07, 6.45) is 6.86. The number of morpholine rings is 1. The summed E-state index contributed by atoms with van der Waals surface area (Å²) < 4.78 is 11.3. The average Bonchev–Trinajstić information content (AvgIpc) is 3.68. The lowest BCUT2D eigenvalue weighted by molar-refractivity contribution is 0.122. The van der Waals surface area contributed by atoms with Crippen LogP contribution in [0.4, 0.5) is 5.69 Å². The molecule has 1 aromatic carbocycles. The molecule has 2 aliphatic rings. The highest BCUT2D eigenvalue weighted by Crippen LogP contribution is 2.32. The lowest BCUT2D eigenvalue weighted by atomic mass is 10.0. The van der Waals surface area contributed by atoms with Gasteiger partial charge in [-0.3, -0.25) is 9.97 Å². The summed E-state index contributed by atoms with van der Waals surface area (Å²) in [7, 11) is 0. The number of nitrogens with zero attached hydrogens (tertiary/aromatic N) is 4. The van der Waals surface area contributed by atoms with Crippen LogP contribution in [0.2, 0.25) is 0 Å². The van der Waals surface area contributed by atoms with E-state index in [0.717, 1.165) is 54.5 Å². The molecule has 6 heteroatoms. The number of benzene rings is 1. The topological polar surface area (TPSA) is 71.3 Å². The first kappa shape index (κ1) is 20.5. The van der Waals surface area contributed by atoms with Gasteiger partial charge in [-0.05, 0) is 66.3 Å². The zero-order valence-corrected chi connectivity index (χ0v) is 18.0. The van der Waals surface area contributed by atoms with Gasteiger partial charge in [0.2, 0.25) is 0 Å². The van der Waals surface area contributed by atoms with E-state index in [9.17, 15) is 5.26 Å². The van der Waals surface area contributed by atoms with Crippen molar-refractivity contribution in [3.63, 3.8) is 0 Å². The number of rotatable bonds is 7. The number of aromatic nitrogens is 2. The third kappa shape index (κ3) is 4.90. The summed E-state index contributed by atoms with van der Waals surface area (Å²) >= 11 is 0. The molecular weight excluding hydrogens is 400 g/mol. The second-order valence-corrected chi connectivity index (χ2v) is 8.40. The Bertz CT molecular complexity index is 1110. The van der Waals surface area contributed by atoms with Gasteiger partial charge in [0.15, 0.2) is 0 Å². The minimum atomic E-state index is 0.571. The smallest absolute Gasteiger partial charge is 0.137 e. The third-order valence-corrected chi connectivity index (χ3v) is 5.97. The lowest BCUT2D eigenvalue weighted by Gasteiger charge is -2.28. The molecule has 1 saturated carbocycles. The molecule has 0 unspecified atom stereocenters. The lowest BCUT2D eigenvalue weighted by Crippen LogP contribution is -2.36. The van der Waals surface area contributed by atoms with Crippen LogP contribution in [0.25, 0.3) is 11.1 Å². The Hall–Kier alpha value is -3.43. The number of nitriles is 1. The van der Waals surface area contributed by atoms with Crippen molar-refractivity contribution >= 4 is 5.69 Å². The zero-order chi connectivity index (χ0) is 21.8. The second kappa shape index (κ2) is 9.37. The molecule has 2 fully saturated rings. The van der Waals surface area contributed by atoms with Crippen LogP contribution in [0.5, 0.6) is 5.75 Å². The van der Waals surface area contributed by atoms with E-state index >= 15 is 0 Å². The molecule has 2 aromatic heterocycles. The number of pyridine rings is 2. The minimum Gasteiger partial charge on any atom is -0.492 e. The maximum atomic E-state index is 9.58.